The van der Waals surface area contributed by atoms with Crippen LogP contribution in [0.5, 0.6) is 0 Å². The average molecular weight is 285 g/mol. The van der Waals surface area contributed by atoms with Gasteiger partial charge in [-0.15, -0.1) is 0 Å². The van der Waals surface area contributed by atoms with Gasteiger partial charge in [-0.05, 0) is 26.8 Å². The number of aromatic nitrogens is 2. The van der Waals surface area contributed by atoms with Crippen molar-refractivity contribution in [1.29, 1.82) is 0 Å². The number of hydrogen-bond donors (Lipinski definition) is 1. The highest BCUT2D eigenvalue weighted by atomic mass is 19.1. The van der Waals surface area contributed by atoms with Crippen LogP contribution in [0.1, 0.15) is 39.9 Å². The van der Waals surface area contributed by atoms with Crippen molar-refractivity contribution < 1.29 is 9.18 Å². The predicted octanol–water partition coefficient (Wildman–Crippen LogP) is 2.43. The van der Waals surface area contributed by atoms with Crippen molar-refractivity contribution in [2.75, 3.05) is 0 Å². The highest BCUT2D eigenvalue weighted by Gasteiger charge is 2.38. The van der Waals surface area contributed by atoms with E-state index in [1.54, 1.807) is 19.1 Å². The summed E-state index contributed by atoms with van der Waals surface area (Å²) in [5, 5.41) is 2.89. The second kappa shape index (κ2) is 4.62. The van der Waals surface area contributed by atoms with Crippen molar-refractivity contribution in [2.24, 2.45) is 0 Å². The van der Waals surface area contributed by atoms with Crippen LogP contribution < -0.4 is 5.32 Å². The topological polar surface area (TPSA) is 54.9 Å². The van der Waals surface area contributed by atoms with Gasteiger partial charge in [0.15, 0.2) is 0 Å². The molecule has 3 rings (SSSR count). The van der Waals surface area contributed by atoms with Gasteiger partial charge >= 0.3 is 0 Å². The van der Waals surface area contributed by atoms with Crippen LogP contribution in [-0.4, -0.2) is 15.9 Å². The fourth-order valence-corrected chi connectivity index (χ4v) is 2.76. The molecule has 21 heavy (non-hydrogen) atoms. The Balaban J connectivity index is 2.12. The number of aryl methyl sites for hydroxylation is 2. The summed E-state index contributed by atoms with van der Waals surface area (Å²) in [5.74, 6) is 0.0211. The first-order chi connectivity index (χ1) is 9.89. The molecule has 0 spiro atoms. The number of nitrogens with zero attached hydrogens (tertiary/aromatic N) is 2. The fourth-order valence-electron chi connectivity index (χ4n) is 2.76. The molecule has 1 atom stereocenters. The van der Waals surface area contributed by atoms with E-state index in [4.69, 9.17) is 0 Å². The van der Waals surface area contributed by atoms with E-state index in [-0.39, 0.29) is 11.7 Å². The maximum Gasteiger partial charge on any atom is 0.255 e. The molecule has 0 saturated heterocycles. The summed E-state index contributed by atoms with van der Waals surface area (Å²) in [6, 6.07) is 4.92. The largest absolute Gasteiger partial charge is 0.342 e. The number of hydrogen-bond acceptors (Lipinski definition) is 3. The van der Waals surface area contributed by atoms with Crippen molar-refractivity contribution in [1.82, 2.24) is 15.3 Å². The number of nitrogens with one attached hydrogen (secondary N) is 1. The summed E-state index contributed by atoms with van der Waals surface area (Å²) >= 11 is 0. The van der Waals surface area contributed by atoms with Gasteiger partial charge in [-0.25, -0.2) is 14.4 Å². The van der Waals surface area contributed by atoms with E-state index < -0.39 is 5.54 Å². The molecule has 0 aliphatic carbocycles. The minimum Gasteiger partial charge on any atom is -0.342 e. The summed E-state index contributed by atoms with van der Waals surface area (Å²) in [6.45, 7) is 5.50. The highest BCUT2D eigenvalue weighted by Crippen LogP contribution is 2.32. The Morgan fingerprint density at radius 1 is 1.33 bits per heavy atom. The monoisotopic (exact) mass is 285 g/mol. The van der Waals surface area contributed by atoms with Gasteiger partial charge < -0.3 is 5.32 Å². The molecule has 0 bridgehead atoms. The van der Waals surface area contributed by atoms with E-state index in [1.165, 1.54) is 12.3 Å². The minimum absolute atomic E-state index is 0.264. The molecular formula is C16H16FN3O. The Hall–Kier alpha value is -2.30. The molecule has 5 heteroatoms. The van der Waals surface area contributed by atoms with Crippen molar-refractivity contribution in [3.05, 3.63) is 58.4 Å². The third-order valence-corrected chi connectivity index (χ3v) is 3.86. The van der Waals surface area contributed by atoms with Crippen molar-refractivity contribution in [3.63, 3.8) is 0 Å². The Morgan fingerprint density at radius 2 is 2.10 bits per heavy atom. The molecule has 0 saturated carbocycles. The Bertz CT molecular complexity index is 744. The molecule has 1 aliphatic rings. The van der Waals surface area contributed by atoms with Crippen LogP contribution >= 0.6 is 0 Å². The molecule has 4 nitrogen and oxygen atoms in total. The van der Waals surface area contributed by atoms with E-state index in [2.05, 4.69) is 15.3 Å². The molecule has 1 N–H and O–H groups in total. The zero-order valence-corrected chi connectivity index (χ0v) is 12.2. The van der Waals surface area contributed by atoms with Crippen LogP contribution in [0.3, 0.4) is 0 Å². The van der Waals surface area contributed by atoms with Crippen LogP contribution in [0.25, 0.3) is 0 Å². The lowest BCUT2D eigenvalue weighted by molar-refractivity contribution is 0.0882. The van der Waals surface area contributed by atoms with Crippen molar-refractivity contribution >= 4 is 5.91 Å². The smallest absolute Gasteiger partial charge is 0.255 e. The van der Waals surface area contributed by atoms with Crippen molar-refractivity contribution in [2.45, 2.75) is 32.7 Å². The van der Waals surface area contributed by atoms with E-state index in [1.807, 2.05) is 13.8 Å². The Morgan fingerprint density at radius 3 is 2.86 bits per heavy atom. The quantitative estimate of drug-likeness (QED) is 0.875. The molecular weight excluding hydrogens is 269 g/mol. The first-order valence-electron chi connectivity index (χ1n) is 6.81. The SMILES string of the molecule is Cc1ccc(F)c([C@]2(C)Cc3nc(C)ncc3C(=O)N2)c1. The van der Waals surface area contributed by atoms with Gasteiger partial charge in [0, 0.05) is 18.2 Å². The lowest BCUT2D eigenvalue weighted by atomic mass is 9.82. The molecule has 1 aromatic carbocycles. The summed E-state index contributed by atoms with van der Waals surface area (Å²) < 4.78 is 14.2. The second-order valence-electron chi connectivity index (χ2n) is 5.72. The molecule has 0 radical (unpaired) electrons. The number of fused-ring (bicyclic) bond motifs is 1. The zero-order chi connectivity index (χ0) is 15.2. The van der Waals surface area contributed by atoms with Gasteiger partial charge in [-0.3, -0.25) is 4.79 Å². The van der Waals surface area contributed by atoms with E-state index in [9.17, 15) is 9.18 Å². The number of halogens is 1. The average Bonchev–Trinajstić information content (AvgIpc) is 2.40. The third-order valence-electron chi connectivity index (χ3n) is 3.86. The van der Waals surface area contributed by atoms with Gasteiger partial charge in [0.25, 0.3) is 5.91 Å². The first-order valence-corrected chi connectivity index (χ1v) is 6.81. The van der Waals surface area contributed by atoms with Gasteiger partial charge in [-0.2, -0.15) is 0 Å². The van der Waals surface area contributed by atoms with Gasteiger partial charge in [-0.1, -0.05) is 17.7 Å². The molecule has 1 aromatic heterocycles. The van der Waals surface area contributed by atoms with Crippen LogP contribution in [0.4, 0.5) is 4.39 Å². The van der Waals surface area contributed by atoms with Crippen LogP contribution in [0, 0.1) is 19.7 Å². The molecule has 0 unspecified atom stereocenters. The van der Waals surface area contributed by atoms with Crippen LogP contribution in [-0.2, 0) is 12.0 Å². The zero-order valence-electron chi connectivity index (χ0n) is 12.2. The Labute approximate surface area is 122 Å². The summed E-state index contributed by atoms with van der Waals surface area (Å²) in [4.78, 5) is 20.7. The fraction of sp³-hybridized carbons (Fsp3) is 0.312. The molecule has 1 amide bonds. The number of carbonyl (C=O) groups is 1. The van der Waals surface area contributed by atoms with E-state index in [0.29, 0.717) is 29.1 Å². The third kappa shape index (κ3) is 2.28. The van der Waals surface area contributed by atoms with Gasteiger partial charge in [0.2, 0.25) is 0 Å². The standard InChI is InChI=1S/C16H16FN3O/c1-9-4-5-13(17)12(6-9)16(3)7-14-11(15(21)20-16)8-18-10(2)19-14/h4-6,8H,7H2,1-3H3,(H,20,21)/t16-/m0/s1. The minimum atomic E-state index is -0.805. The maximum atomic E-state index is 14.2. The lowest BCUT2D eigenvalue weighted by Gasteiger charge is -2.35. The summed E-state index contributed by atoms with van der Waals surface area (Å²) in [6.07, 6.45) is 1.97. The van der Waals surface area contributed by atoms with Gasteiger partial charge in [0.1, 0.15) is 11.6 Å². The normalized spacial score (nSPS) is 20.9. The predicted molar refractivity (Wildman–Crippen MR) is 76.4 cm³/mol. The summed E-state index contributed by atoms with van der Waals surface area (Å²) in [5.41, 5.74) is 1.76. The number of carbonyl (C=O) groups excluding carboxylic acids is 1. The number of rotatable bonds is 1. The maximum absolute atomic E-state index is 14.2. The summed E-state index contributed by atoms with van der Waals surface area (Å²) in [7, 11) is 0. The van der Waals surface area contributed by atoms with Crippen LogP contribution in [0.2, 0.25) is 0 Å². The Kier molecular flexibility index (Phi) is 3.01. The second-order valence-corrected chi connectivity index (χ2v) is 5.72. The van der Waals surface area contributed by atoms with E-state index in [0.717, 1.165) is 5.56 Å². The molecule has 1 aliphatic heterocycles. The molecule has 2 heterocycles. The highest BCUT2D eigenvalue weighted by molar-refractivity contribution is 5.96. The van der Waals surface area contributed by atoms with E-state index >= 15 is 0 Å². The molecule has 108 valence electrons. The van der Waals surface area contributed by atoms with Crippen LogP contribution in [0.15, 0.2) is 24.4 Å². The van der Waals surface area contributed by atoms with Gasteiger partial charge in [0.05, 0.1) is 16.8 Å². The molecule has 0 fully saturated rings. The number of benzene rings is 1. The first kappa shape index (κ1) is 13.7. The number of amides is 1. The van der Waals surface area contributed by atoms with Crippen molar-refractivity contribution in [3.8, 4) is 0 Å². The molecule has 2 aromatic rings. The lowest BCUT2D eigenvalue weighted by Crippen LogP contribution is -2.50.